The number of carbonyl (C=O) groups excluding carboxylic acids is 2. The molecule has 7 nitrogen and oxygen atoms in total. The predicted octanol–water partition coefficient (Wildman–Crippen LogP) is 1.46. The Balaban J connectivity index is 1.74. The minimum Gasteiger partial charge on any atom is -0.481 e. The van der Waals surface area contributed by atoms with E-state index in [2.05, 4.69) is 10.6 Å². The molecular formula is C15H16ClN3O4. The van der Waals surface area contributed by atoms with Crippen molar-refractivity contribution in [1.29, 1.82) is 0 Å². The second kappa shape index (κ2) is 5.73. The molecule has 122 valence electrons. The van der Waals surface area contributed by atoms with Crippen LogP contribution in [-0.2, 0) is 4.79 Å². The lowest BCUT2D eigenvalue weighted by Gasteiger charge is -2.17. The van der Waals surface area contributed by atoms with E-state index in [1.54, 1.807) is 18.2 Å². The summed E-state index contributed by atoms with van der Waals surface area (Å²) in [5.74, 6) is -1.27. The van der Waals surface area contributed by atoms with Crippen LogP contribution >= 0.6 is 11.6 Å². The van der Waals surface area contributed by atoms with Gasteiger partial charge >= 0.3 is 12.0 Å². The Bertz CT molecular complexity index is 687. The van der Waals surface area contributed by atoms with E-state index in [9.17, 15) is 14.4 Å². The summed E-state index contributed by atoms with van der Waals surface area (Å²) >= 11 is 6.12. The normalized spacial score (nSPS) is 18.5. The number of benzene rings is 1. The maximum absolute atomic E-state index is 12.2. The van der Waals surface area contributed by atoms with Gasteiger partial charge in [0.2, 0.25) is 0 Å². The standard InChI is InChI=1S/C15H16ClN3O4/c16-10-2-1-9(7-11(10)19-6-5-17-14(19)23)12(20)18-8-15(3-4-15)13(21)22/h1-2,7H,3-6,8H2,(H,17,23)(H,18,20)(H,21,22). The molecule has 1 heterocycles. The van der Waals surface area contributed by atoms with Gasteiger partial charge < -0.3 is 15.7 Å². The molecule has 1 aliphatic heterocycles. The van der Waals surface area contributed by atoms with Gasteiger partial charge in [0.15, 0.2) is 0 Å². The molecule has 1 aliphatic carbocycles. The van der Waals surface area contributed by atoms with Gasteiger partial charge in [-0.05, 0) is 31.0 Å². The van der Waals surface area contributed by atoms with Crippen LogP contribution < -0.4 is 15.5 Å². The first-order chi connectivity index (χ1) is 10.9. The zero-order valence-electron chi connectivity index (χ0n) is 12.3. The van der Waals surface area contributed by atoms with Crippen molar-refractivity contribution in [2.45, 2.75) is 12.8 Å². The zero-order chi connectivity index (χ0) is 16.6. The number of anilines is 1. The number of rotatable bonds is 5. The molecule has 0 atom stereocenters. The quantitative estimate of drug-likeness (QED) is 0.757. The van der Waals surface area contributed by atoms with Gasteiger partial charge in [0.25, 0.3) is 5.91 Å². The third-order valence-corrected chi connectivity index (χ3v) is 4.57. The van der Waals surface area contributed by atoms with Crippen LogP contribution in [0.3, 0.4) is 0 Å². The van der Waals surface area contributed by atoms with Crippen LogP contribution in [-0.4, -0.2) is 42.6 Å². The molecule has 8 heteroatoms. The van der Waals surface area contributed by atoms with Crippen molar-refractivity contribution in [3.05, 3.63) is 28.8 Å². The Labute approximate surface area is 137 Å². The van der Waals surface area contributed by atoms with Crippen LogP contribution in [0.4, 0.5) is 10.5 Å². The Kier molecular flexibility index (Phi) is 3.89. The highest BCUT2D eigenvalue weighted by Crippen LogP contribution is 2.45. The second-order valence-electron chi connectivity index (χ2n) is 5.82. The second-order valence-corrected chi connectivity index (χ2v) is 6.23. The molecule has 0 spiro atoms. The molecule has 2 fully saturated rings. The largest absolute Gasteiger partial charge is 0.481 e. The molecule has 2 aliphatic rings. The molecule has 0 bridgehead atoms. The van der Waals surface area contributed by atoms with Gasteiger partial charge in [0.1, 0.15) is 0 Å². The molecule has 1 saturated heterocycles. The maximum Gasteiger partial charge on any atom is 0.322 e. The third kappa shape index (κ3) is 2.96. The summed E-state index contributed by atoms with van der Waals surface area (Å²) in [5.41, 5.74) is -0.0151. The fourth-order valence-electron chi connectivity index (χ4n) is 2.53. The van der Waals surface area contributed by atoms with Crippen LogP contribution in [0.5, 0.6) is 0 Å². The first-order valence-corrected chi connectivity index (χ1v) is 7.67. The average molecular weight is 338 g/mol. The van der Waals surface area contributed by atoms with Crippen LogP contribution in [0.15, 0.2) is 18.2 Å². The number of halogens is 1. The lowest BCUT2D eigenvalue weighted by Crippen LogP contribution is -2.34. The minimum atomic E-state index is -0.886. The number of hydrogen-bond acceptors (Lipinski definition) is 3. The van der Waals surface area contributed by atoms with E-state index in [-0.39, 0.29) is 18.5 Å². The summed E-state index contributed by atoms with van der Waals surface area (Å²) in [5, 5.41) is 14.8. The van der Waals surface area contributed by atoms with E-state index in [1.165, 1.54) is 4.90 Å². The number of amides is 3. The van der Waals surface area contributed by atoms with Crippen LogP contribution in [0.2, 0.25) is 5.02 Å². The fraction of sp³-hybridized carbons (Fsp3) is 0.400. The predicted molar refractivity (Wildman–Crippen MR) is 83.8 cm³/mol. The summed E-state index contributed by atoms with van der Waals surface area (Å²) in [7, 11) is 0. The minimum absolute atomic E-state index is 0.101. The topological polar surface area (TPSA) is 98.7 Å². The Hall–Kier alpha value is -2.28. The van der Waals surface area contributed by atoms with Crippen molar-refractivity contribution in [3.63, 3.8) is 0 Å². The number of hydrogen-bond donors (Lipinski definition) is 3. The number of carbonyl (C=O) groups is 3. The summed E-state index contributed by atoms with van der Waals surface area (Å²) in [6.07, 6.45) is 1.14. The van der Waals surface area contributed by atoms with E-state index in [4.69, 9.17) is 16.7 Å². The molecule has 3 rings (SSSR count). The van der Waals surface area contributed by atoms with Crippen molar-refractivity contribution >= 4 is 35.2 Å². The molecule has 0 unspecified atom stereocenters. The van der Waals surface area contributed by atoms with Crippen molar-refractivity contribution in [1.82, 2.24) is 10.6 Å². The van der Waals surface area contributed by atoms with Crippen LogP contribution in [0.1, 0.15) is 23.2 Å². The van der Waals surface area contributed by atoms with Crippen molar-refractivity contribution in [2.24, 2.45) is 5.41 Å². The highest BCUT2D eigenvalue weighted by molar-refractivity contribution is 6.34. The zero-order valence-corrected chi connectivity index (χ0v) is 13.0. The lowest BCUT2D eigenvalue weighted by molar-refractivity contribution is -0.143. The Morgan fingerprint density at radius 2 is 2.13 bits per heavy atom. The molecule has 1 aromatic carbocycles. The molecule has 1 aromatic rings. The number of urea groups is 1. The average Bonchev–Trinajstić information content (AvgIpc) is 3.21. The molecule has 23 heavy (non-hydrogen) atoms. The van der Waals surface area contributed by atoms with E-state index < -0.39 is 11.4 Å². The molecule has 0 radical (unpaired) electrons. The van der Waals surface area contributed by atoms with Crippen molar-refractivity contribution in [3.8, 4) is 0 Å². The maximum atomic E-state index is 12.2. The number of nitrogens with zero attached hydrogens (tertiary/aromatic N) is 1. The van der Waals surface area contributed by atoms with Gasteiger partial charge in [-0.3, -0.25) is 14.5 Å². The number of carboxylic acid groups (broad SMARTS) is 1. The van der Waals surface area contributed by atoms with Gasteiger partial charge in [0, 0.05) is 25.2 Å². The molecule has 3 N–H and O–H groups in total. The summed E-state index contributed by atoms with van der Waals surface area (Å²) in [6.45, 7) is 1.10. The van der Waals surface area contributed by atoms with Crippen molar-refractivity contribution < 1.29 is 19.5 Å². The molecule has 0 aromatic heterocycles. The van der Waals surface area contributed by atoms with E-state index in [0.717, 1.165) is 0 Å². The Morgan fingerprint density at radius 1 is 1.39 bits per heavy atom. The van der Waals surface area contributed by atoms with Crippen molar-refractivity contribution in [2.75, 3.05) is 24.5 Å². The monoisotopic (exact) mass is 337 g/mol. The first-order valence-electron chi connectivity index (χ1n) is 7.29. The van der Waals surface area contributed by atoms with E-state index >= 15 is 0 Å². The number of aliphatic carboxylic acids is 1. The number of nitrogens with one attached hydrogen (secondary N) is 2. The van der Waals surface area contributed by atoms with Gasteiger partial charge in [-0.2, -0.15) is 0 Å². The summed E-state index contributed by atoms with van der Waals surface area (Å²) < 4.78 is 0. The lowest BCUT2D eigenvalue weighted by atomic mass is 10.1. The first kappa shape index (κ1) is 15.6. The number of carboxylic acids is 1. The smallest absolute Gasteiger partial charge is 0.322 e. The van der Waals surface area contributed by atoms with Gasteiger partial charge in [-0.1, -0.05) is 11.6 Å². The highest BCUT2D eigenvalue weighted by atomic mass is 35.5. The van der Waals surface area contributed by atoms with Crippen LogP contribution in [0.25, 0.3) is 0 Å². The van der Waals surface area contributed by atoms with E-state index in [0.29, 0.717) is 42.2 Å². The van der Waals surface area contributed by atoms with Gasteiger partial charge in [-0.15, -0.1) is 0 Å². The molecular weight excluding hydrogens is 322 g/mol. The third-order valence-electron chi connectivity index (χ3n) is 4.25. The SMILES string of the molecule is O=C(NCC1(C(=O)O)CC1)c1ccc(Cl)c(N2CCNC2=O)c1. The van der Waals surface area contributed by atoms with Gasteiger partial charge in [-0.25, -0.2) is 4.79 Å². The summed E-state index contributed by atoms with van der Waals surface area (Å²) in [4.78, 5) is 36.6. The Morgan fingerprint density at radius 3 is 2.70 bits per heavy atom. The molecule has 1 saturated carbocycles. The molecule has 3 amide bonds. The van der Waals surface area contributed by atoms with Gasteiger partial charge in [0.05, 0.1) is 16.1 Å². The fourth-order valence-corrected chi connectivity index (χ4v) is 2.75. The van der Waals surface area contributed by atoms with E-state index in [1.807, 2.05) is 0 Å². The van der Waals surface area contributed by atoms with Crippen LogP contribution in [0, 0.1) is 5.41 Å². The summed E-state index contributed by atoms with van der Waals surface area (Å²) in [6, 6.07) is 4.40. The highest BCUT2D eigenvalue weighted by Gasteiger charge is 2.50.